The second kappa shape index (κ2) is 14.0. The van der Waals surface area contributed by atoms with Crippen LogP contribution in [0.15, 0.2) is 112 Å². The summed E-state index contributed by atoms with van der Waals surface area (Å²) in [4.78, 5) is 39.9. The van der Waals surface area contributed by atoms with Gasteiger partial charge in [0.15, 0.2) is 0 Å². The van der Waals surface area contributed by atoms with Crippen LogP contribution in [0.1, 0.15) is 34.0 Å². The van der Waals surface area contributed by atoms with E-state index in [1.54, 1.807) is 42.5 Å². The number of aryl methyl sites for hydroxylation is 2. The fourth-order valence-electron chi connectivity index (χ4n) is 3.96. The Morgan fingerprint density at radius 1 is 0.829 bits per heavy atom. The molecule has 0 aliphatic rings. The molecular weight excluding hydrogens is 598 g/mol. The molecule has 0 aromatic heterocycles. The molecule has 0 spiro atoms. The van der Waals surface area contributed by atoms with Crippen molar-refractivity contribution in [2.24, 2.45) is 0 Å². The summed E-state index contributed by atoms with van der Waals surface area (Å²) < 4.78 is 0.903. The average Bonchev–Trinajstić information content (AvgIpc) is 2.95. The number of hydrogen-bond donors (Lipinski definition) is 3. The molecule has 6 nitrogen and oxygen atoms in total. The number of rotatable bonds is 9. The maximum Gasteiger partial charge on any atom is 0.272 e. The molecule has 3 amide bonds. The lowest BCUT2D eigenvalue weighted by atomic mass is 10.1. The van der Waals surface area contributed by atoms with Crippen LogP contribution in [0.4, 0.5) is 11.4 Å². The highest BCUT2D eigenvalue weighted by molar-refractivity contribution is 9.10. The van der Waals surface area contributed by atoms with Crippen LogP contribution in [0.3, 0.4) is 0 Å². The normalized spacial score (nSPS) is 11.9. The van der Waals surface area contributed by atoms with E-state index < -0.39 is 11.8 Å². The van der Waals surface area contributed by atoms with Gasteiger partial charge in [-0.25, -0.2) is 0 Å². The van der Waals surface area contributed by atoms with Gasteiger partial charge in [-0.05, 0) is 86.5 Å². The van der Waals surface area contributed by atoms with E-state index in [1.165, 1.54) is 11.8 Å². The predicted octanol–water partition coefficient (Wildman–Crippen LogP) is 7.59. The third-order valence-corrected chi connectivity index (χ3v) is 7.75. The number of carbonyl (C=O) groups is 3. The van der Waals surface area contributed by atoms with Gasteiger partial charge in [0.2, 0.25) is 5.91 Å². The van der Waals surface area contributed by atoms with Gasteiger partial charge in [0.1, 0.15) is 5.70 Å². The van der Waals surface area contributed by atoms with Gasteiger partial charge in [-0.2, -0.15) is 0 Å². The lowest BCUT2D eigenvalue weighted by Crippen LogP contribution is -2.30. The number of carbonyl (C=O) groups excluding carboxylic acids is 3. The zero-order chi connectivity index (χ0) is 29.4. The van der Waals surface area contributed by atoms with Crippen LogP contribution in [0.25, 0.3) is 6.08 Å². The van der Waals surface area contributed by atoms with Crippen LogP contribution >= 0.6 is 27.7 Å². The van der Waals surface area contributed by atoms with Crippen molar-refractivity contribution in [3.05, 3.63) is 129 Å². The van der Waals surface area contributed by atoms with Gasteiger partial charge in [-0.3, -0.25) is 14.4 Å². The third kappa shape index (κ3) is 8.67. The maximum absolute atomic E-state index is 13.4. The summed E-state index contributed by atoms with van der Waals surface area (Å²) in [5.74, 6) is -0.975. The minimum Gasteiger partial charge on any atom is -0.325 e. The smallest absolute Gasteiger partial charge is 0.272 e. The lowest BCUT2D eigenvalue weighted by Gasteiger charge is -2.15. The Morgan fingerprint density at radius 3 is 2.27 bits per heavy atom. The quantitative estimate of drug-likeness (QED) is 0.132. The van der Waals surface area contributed by atoms with Crippen molar-refractivity contribution in [1.82, 2.24) is 5.32 Å². The molecule has 0 fully saturated rings. The molecule has 3 N–H and O–H groups in total. The molecule has 4 rings (SSSR count). The number of nitrogens with one attached hydrogen (secondary N) is 3. The van der Waals surface area contributed by atoms with E-state index in [0.29, 0.717) is 11.3 Å². The Hall–Kier alpha value is -4.14. The van der Waals surface area contributed by atoms with Gasteiger partial charge in [-0.15, -0.1) is 11.8 Å². The largest absolute Gasteiger partial charge is 0.325 e. The summed E-state index contributed by atoms with van der Waals surface area (Å²) in [5, 5.41) is 8.25. The first-order valence-electron chi connectivity index (χ1n) is 13.0. The van der Waals surface area contributed by atoms with Crippen molar-refractivity contribution in [3.8, 4) is 0 Å². The number of benzene rings is 4. The van der Waals surface area contributed by atoms with Crippen LogP contribution < -0.4 is 16.0 Å². The van der Waals surface area contributed by atoms with E-state index in [4.69, 9.17) is 0 Å². The summed E-state index contributed by atoms with van der Waals surface area (Å²) in [6.07, 6.45) is 1.63. The molecule has 1 atom stereocenters. The first kappa shape index (κ1) is 29.8. The highest BCUT2D eigenvalue weighted by Crippen LogP contribution is 2.27. The molecule has 0 saturated heterocycles. The number of hydrogen-bond acceptors (Lipinski definition) is 4. The molecule has 0 aliphatic carbocycles. The fourth-order valence-corrected chi connectivity index (χ4v) is 5.15. The molecule has 4 aromatic rings. The Morgan fingerprint density at radius 2 is 1.56 bits per heavy atom. The van der Waals surface area contributed by atoms with Crippen molar-refractivity contribution in [2.45, 2.75) is 30.9 Å². The first-order chi connectivity index (χ1) is 19.7. The molecule has 1 unspecified atom stereocenters. The second-order valence-electron chi connectivity index (χ2n) is 9.48. The highest BCUT2D eigenvalue weighted by Gasteiger charge is 2.18. The van der Waals surface area contributed by atoms with Gasteiger partial charge in [0.25, 0.3) is 11.8 Å². The minimum atomic E-state index is -0.472. The lowest BCUT2D eigenvalue weighted by molar-refractivity contribution is -0.115. The van der Waals surface area contributed by atoms with Crippen LogP contribution in [-0.4, -0.2) is 23.0 Å². The predicted molar refractivity (Wildman–Crippen MR) is 171 cm³/mol. The Kier molecular flexibility index (Phi) is 10.2. The van der Waals surface area contributed by atoms with E-state index in [2.05, 4.69) is 31.9 Å². The number of anilines is 2. The minimum absolute atomic E-state index is 0.0976. The Labute approximate surface area is 252 Å². The zero-order valence-electron chi connectivity index (χ0n) is 22.9. The highest BCUT2D eigenvalue weighted by atomic mass is 79.9. The summed E-state index contributed by atoms with van der Waals surface area (Å²) in [7, 11) is 0. The Bertz CT molecular complexity index is 1590. The standard InChI is InChI=1S/C33H30BrN3O3S/c1-21-12-17-29(22(2)18-21)36-31(38)23(3)41-28-11-7-10-27(20-28)35-33(40)30(19-24-13-15-26(34)16-14-24)37-32(39)25-8-5-4-6-9-25/h4-20,23H,1-3H3,(H,35,40)(H,36,38)(H,37,39)/b30-19+. The van der Waals surface area contributed by atoms with E-state index in [-0.39, 0.29) is 16.9 Å². The van der Waals surface area contributed by atoms with Gasteiger partial charge in [-0.1, -0.05) is 70.0 Å². The molecule has 0 aliphatic heterocycles. The topological polar surface area (TPSA) is 87.3 Å². The van der Waals surface area contributed by atoms with Gasteiger partial charge in [0.05, 0.1) is 5.25 Å². The molecule has 4 aromatic carbocycles. The van der Waals surface area contributed by atoms with Crippen molar-refractivity contribution >= 4 is 62.9 Å². The van der Waals surface area contributed by atoms with Gasteiger partial charge in [0, 0.05) is 26.3 Å². The van der Waals surface area contributed by atoms with Gasteiger partial charge < -0.3 is 16.0 Å². The molecule has 0 bridgehead atoms. The monoisotopic (exact) mass is 627 g/mol. The van der Waals surface area contributed by atoms with Crippen LogP contribution in [0.5, 0.6) is 0 Å². The molecule has 0 saturated carbocycles. The second-order valence-corrected chi connectivity index (χ2v) is 11.8. The van der Waals surface area contributed by atoms with Crippen LogP contribution in [0.2, 0.25) is 0 Å². The Balaban J connectivity index is 1.47. The van der Waals surface area contributed by atoms with Crippen molar-refractivity contribution in [2.75, 3.05) is 10.6 Å². The number of halogens is 1. The molecule has 41 heavy (non-hydrogen) atoms. The maximum atomic E-state index is 13.4. The summed E-state index contributed by atoms with van der Waals surface area (Å²) >= 11 is 4.80. The average molecular weight is 629 g/mol. The summed E-state index contributed by atoms with van der Waals surface area (Å²) in [6.45, 7) is 5.82. The van der Waals surface area contributed by atoms with E-state index >= 15 is 0 Å². The summed E-state index contributed by atoms with van der Waals surface area (Å²) in [6, 6.07) is 29.3. The van der Waals surface area contributed by atoms with Gasteiger partial charge >= 0.3 is 0 Å². The van der Waals surface area contributed by atoms with E-state index in [9.17, 15) is 14.4 Å². The number of thioether (sulfide) groups is 1. The molecule has 0 heterocycles. The van der Waals surface area contributed by atoms with Crippen molar-refractivity contribution in [1.29, 1.82) is 0 Å². The third-order valence-electron chi connectivity index (χ3n) is 6.12. The molecule has 0 radical (unpaired) electrons. The van der Waals surface area contributed by atoms with E-state index in [0.717, 1.165) is 31.7 Å². The van der Waals surface area contributed by atoms with E-state index in [1.807, 2.05) is 81.4 Å². The fraction of sp³-hybridized carbons (Fsp3) is 0.121. The molecule has 208 valence electrons. The first-order valence-corrected chi connectivity index (χ1v) is 14.6. The summed E-state index contributed by atoms with van der Waals surface area (Å²) in [5.41, 5.74) is 4.76. The van der Waals surface area contributed by atoms with Crippen molar-refractivity contribution in [3.63, 3.8) is 0 Å². The van der Waals surface area contributed by atoms with Crippen molar-refractivity contribution < 1.29 is 14.4 Å². The van der Waals surface area contributed by atoms with Crippen LogP contribution in [-0.2, 0) is 9.59 Å². The van der Waals surface area contributed by atoms with Crippen LogP contribution in [0, 0.1) is 13.8 Å². The number of amides is 3. The molecule has 8 heteroatoms. The SMILES string of the molecule is Cc1ccc(NC(=O)C(C)Sc2cccc(NC(=O)/C(=C\c3ccc(Br)cc3)NC(=O)c3ccccc3)c2)c(C)c1. The zero-order valence-corrected chi connectivity index (χ0v) is 25.3. The molecular formula is C33H30BrN3O3S.